The Bertz CT molecular complexity index is 492. The number of likely N-dealkylation sites (tertiary alicyclic amines) is 1. The summed E-state index contributed by atoms with van der Waals surface area (Å²) in [6.45, 7) is 16.2. The van der Waals surface area contributed by atoms with Crippen molar-refractivity contribution >= 4 is 20.4 Å². The first-order valence-corrected chi connectivity index (χ1v) is 11.4. The summed E-state index contributed by atoms with van der Waals surface area (Å²) in [6.07, 6.45) is 0.434. The van der Waals surface area contributed by atoms with Gasteiger partial charge in [0, 0.05) is 6.54 Å². The van der Waals surface area contributed by atoms with Crippen molar-refractivity contribution < 1.29 is 23.9 Å². The molecular weight excluding hydrogens is 326 g/mol. The third-order valence-electron chi connectivity index (χ3n) is 4.98. The highest BCUT2D eigenvalue weighted by Gasteiger charge is 2.53. The molecule has 0 spiro atoms. The maximum Gasteiger partial charge on any atom is 0.411 e. The van der Waals surface area contributed by atoms with Crippen molar-refractivity contribution in [3.8, 4) is 0 Å². The van der Waals surface area contributed by atoms with E-state index in [1.54, 1.807) is 20.8 Å². The molecule has 0 unspecified atom stereocenters. The van der Waals surface area contributed by atoms with Crippen LogP contribution >= 0.6 is 0 Å². The van der Waals surface area contributed by atoms with Crippen molar-refractivity contribution in [2.24, 2.45) is 0 Å². The van der Waals surface area contributed by atoms with Crippen molar-refractivity contribution in [3.05, 3.63) is 0 Å². The van der Waals surface area contributed by atoms with Gasteiger partial charge < -0.3 is 14.3 Å². The summed E-state index contributed by atoms with van der Waals surface area (Å²) >= 11 is 0. The van der Waals surface area contributed by atoms with Crippen LogP contribution in [0.15, 0.2) is 0 Å². The highest BCUT2D eigenvalue weighted by atomic mass is 28.4. The Morgan fingerprint density at radius 2 is 1.71 bits per heavy atom. The van der Waals surface area contributed by atoms with E-state index in [0.29, 0.717) is 19.4 Å². The Morgan fingerprint density at radius 1 is 1.17 bits per heavy atom. The standard InChI is InChI=1S/C17H33NO5Si/c1-15(2,3)23-14(21)18-11-9-10-17(18,13(19)20)12-22-24(7,8)16(4,5)6/h9-12H2,1-8H3,(H,19,20)/t17-/m1/s1. The largest absolute Gasteiger partial charge is 0.479 e. The van der Waals surface area contributed by atoms with E-state index in [9.17, 15) is 14.7 Å². The molecule has 6 nitrogen and oxygen atoms in total. The molecule has 0 aromatic rings. The van der Waals surface area contributed by atoms with Gasteiger partial charge in [-0.2, -0.15) is 0 Å². The molecule has 1 fully saturated rings. The third kappa shape index (κ3) is 4.50. The third-order valence-corrected chi connectivity index (χ3v) is 9.46. The highest BCUT2D eigenvalue weighted by molar-refractivity contribution is 6.74. The van der Waals surface area contributed by atoms with Crippen LogP contribution in [0.4, 0.5) is 4.79 Å². The molecular formula is C17H33NO5Si. The van der Waals surface area contributed by atoms with E-state index in [1.807, 2.05) is 0 Å². The maximum absolute atomic E-state index is 12.5. The van der Waals surface area contributed by atoms with E-state index in [0.717, 1.165) is 0 Å². The lowest BCUT2D eigenvalue weighted by Gasteiger charge is -2.41. The number of nitrogens with zero attached hydrogens (tertiary/aromatic N) is 1. The lowest BCUT2D eigenvalue weighted by molar-refractivity contribution is -0.151. The molecule has 1 aliphatic heterocycles. The summed E-state index contributed by atoms with van der Waals surface area (Å²) in [5, 5.41) is 9.84. The summed E-state index contributed by atoms with van der Waals surface area (Å²) in [4.78, 5) is 25.9. The van der Waals surface area contributed by atoms with Crippen LogP contribution in [0.25, 0.3) is 0 Å². The molecule has 7 heteroatoms. The van der Waals surface area contributed by atoms with Gasteiger partial charge in [-0.25, -0.2) is 9.59 Å². The number of amides is 1. The summed E-state index contributed by atoms with van der Waals surface area (Å²) in [5.41, 5.74) is -2.00. The molecule has 1 saturated heterocycles. The first-order chi connectivity index (χ1) is 10.6. The number of hydrogen-bond acceptors (Lipinski definition) is 4. The van der Waals surface area contributed by atoms with Crippen molar-refractivity contribution in [1.82, 2.24) is 4.90 Å². The molecule has 1 amide bonds. The van der Waals surface area contributed by atoms with Crippen LogP contribution in [-0.4, -0.2) is 54.7 Å². The monoisotopic (exact) mass is 359 g/mol. The topological polar surface area (TPSA) is 76.1 Å². The molecule has 0 radical (unpaired) electrons. The van der Waals surface area contributed by atoms with E-state index in [1.165, 1.54) is 4.90 Å². The second-order valence-corrected chi connectivity index (χ2v) is 13.9. The summed E-state index contributed by atoms with van der Waals surface area (Å²) in [5.74, 6) is -1.02. The Morgan fingerprint density at radius 3 is 2.12 bits per heavy atom. The van der Waals surface area contributed by atoms with Gasteiger partial charge in [0.25, 0.3) is 0 Å². The Hall–Kier alpha value is -1.08. The van der Waals surface area contributed by atoms with Gasteiger partial charge in [0.2, 0.25) is 0 Å². The lowest BCUT2D eigenvalue weighted by Crippen LogP contribution is -2.59. The Labute approximate surface area is 146 Å². The van der Waals surface area contributed by atoms with Crippen molar-refractivity contribution in [1.29, 1.82) is 0 Å². The number of carboxylic acid groups (broad SMARTS) is 1. The molecule has 140 valence electrons. The SMILES string of the molecule is CC(C)(C)OC(=O)N1CCC[C@@]1(CO[Si](C)(C)C(C)(C)C)C(=O)O. The average molecular weight is 360 g/mol. The minimum atomic E-state index is -2.12. The van der Waals surface area contributed by atoms with Crippen LogP contribution in [0.5, 0.6) is 0 Å². The van der Waals surface area contributed by atoms with Gasteiger partial charge in [0.15, 0.2) is 13.9 Å². The quantitative estimate of drug-likeness (QED) is 0.771. The number of aliphatic carboxylic acids is 1. The van der Waals surface area contributed by atoms with Gasteiger partial charge >= 0.3 is 12.1 Å². The Balaban J connectivity index is 3.02. The second kappa shape index (κ2) is 6.67. The van der Waals surface area contributed by atoms with Gasteiger partial charge in [-0.15, -0.1) is 0 Å². The lowest BCUT2D eigenvalue weighted by atomic mass is 9.98. The van der Waals surface area contributed by atoms with E-state index >= 15 is 0 Å². The van der Waals surface area contributed by atoms with E-state index in [-0.39, 0.29) is 11.6 Å². The predicted octanol–water partition coefficient (Wildman–Crippen LogP) is 3.86. The summed E-state index contributed by atoms with van der Waals surface area (Å²) < 4.78 is 11.6. The molecule has 24 heavy (non-hydrogen) atoms. The number of rotatable bonds is 4. The molecule has 0 aromatic heterocycles. The summed E-state index contributed by atoms with van der Waals surface area (Å²) in [7, 11) is -2.12. The molecule has 0 aliphatic carbocycles. The molecule has 1 aliphatic rings. The van der Waals surface area contributed by atoms with Crippen LogP contribution in [-0.2, 0) is 14.0 Å². The van der Waals surface area contributed by atoms with Crippen LogP contribution in [0, 0.1) is 0 Å². The first-order valence-electron chi connectivity index (χ1n) is 8.50. The zero-order chi connectivity index (χ0) is 19.0. The van der Waals surface area contributed by atoms with Crippen molar-refractivity contribution in [3.63, 3.8) is 0 Å². The number of carbonyl (C=O) groups is 2. The second-order valence-electron chi connectivity index (χ2n) is 9.12. The fraction of sp³-hybridized carbons (Fsp3) is 0.882. The van der Waals surface area contributed by atoms with E-state index in [2.05, 4.69) is 33.9 Å². The molecule has 1 N–H and O–H groups in total. The Kier molecular flexibility index (Phi) is 5.83. The first kappa shape index (κ1) is 21.0. The van der Waals surface area contributed by atoms with Crippen LogP contribution < -0.4 is 0 Å². The van der Waals surface area contributed by atoms with Crippen molar-refractivity contribution in [2.75, 3.05) is 13.2 Å². The predicted molar refractivity (Wildman–Crippen MR) is 95.7 cm³/mol. The normalized spacial score (nSPS) is 22.6. The number of carboxylic acids is 1. The molecule has 0 bridgehead atoms. The molecule has 0 aromatic carbocycles. The van der Waals surface area contributed by atoms with Gasteiger partial charge in [-0.3, -0.25) is 4.90 Å². The maximum atomic E-state index is 12.5. The van der Waals surface area contributed by atoms with Gasteiger partial charge in [-0.05, 0) is 51.7 Å². The van der Waals surface area contributed by atoms with Crippen molar-refractivity contribution in [2.45, 2.75) is 83.7 Å². The van der Waals surface area contributed by atoms with Gasteiger partial charge in [-0.1, -0.05) is 20.8 Å². The van der Waals surface area contributed by atoms with Crippen LogP contribution in [0.3, 0.4) is 0 Å². The smallest absolute Gasteiger partial charge is 0.411 e. The molecule has 1 rings (SSSR count). The van der Waals surface area contributed by atoms with Gasteiger partial charge in [0.05, 0.1) is 6.61 Å². The van der Waals surface area contributed by atoms with Crippen LogP contribution in [0.2, 0.25) is 18.1 Å². The van der Waals surface area contributed by atoms with E-state index in [4.69, 9.17) is 9.16 Å². The van der Waals surface area contributed by atoms with Gasteiger partial charge in [0.1, 0.15) is 5.60 Å². The minimum Gasteiger partial charge on any atom is -0.479 e. The zero-order valence-electron chi connectivity index (χ0n) is 16.4. The minimum absolute atomic E-state index is 0.0120. The fourth-order valence-corrected chi connectivity index (χ4v) is 3.44. The number of carbonyl (C=O) groups excluding carboxylic acids is 1. The molecule has 1 heterocycles. The molecule has 1 atom stereocenters. The number of ether oxygens (including phenoxy) is 1. The van der Waals surface area contributed by atoms with Crippen LogP contribution in [0.1, 0.15) is 54.4 Å². The zero-order valence-corrected chi connectivity index (χ0v) is 17.4. The fourth-order valence-electron chi connectivity index (χ4n) is 2.41. The van der Waals surface area contributed by atoms with E-state index < -0.39 is 31.5 Å². The molecule has 0 saturated carbocycles. The average Bonchev–Trinajstić information content (AvgIpc) is 2.78. The summed E-state index contributed by atoms with van der Waals surface area (Å²) in [6, 6.07) is 0. The highest BCUT2D eigenvalue weighted by Crippen LogP contribution is 2.39. The number of hydrogen-bond donors (Lipinski definition) is 1.